The van der Waals surface area contributed by atoms with E-state index in [0.29, 0.717) is 6.61 Å². The predicted octanol–water partition coefficient (Wildman–Crippen LogP) is 3.68. The first-order valence-electron chi connectivity index (χ1n) is 8.60. The molecule has 0 saturated carbocycles. The Balaban J connectivity index is 1.54. The third-order valence-electron chi connectivity index (χ3n) is 4.13. The lowest BCUT2D eigenvalue weighted by Crippen LogP contribution is -2.24. The summed E-state index contributed by atoms with van der Waals surface area (Å²) in [4.78, 5) is 2.28. The fraction of sp³-hybridized carbons (Fsp3) is 0.333. The van der Waals surface area contributed by atoms with Gasteiger partial charge in [0.05, 0.1) is 12.7 Å². The van der Waals surface area contributed by atoms with Crippen molar-refractivity contribution in [1.82, 2.24) is 4.90 Å². The summed E-state index contributed by atoms with van der Waals surface area (Å²) in [6.45, 7) is 3.40. The SMILES string of the molecule is O[C@@H]1CCN(CCCOc2cc(Br)cc(C#Cc3ccccc3)c2)C1. The van der Waals surface area contributed by atoms with Crippen molar-refractivity contribution in [3.8, 4) is 17.6 Å². The Labute approximate surface area is 157 Å². The van der Waals surface area contributed by atoms with Crippen LogP contribution < -0.4 is 4.74 Å². The number of nitrogens with zero attached hydrogens (tertiary/aromatic N) is 1. The molecule has 0 unspecified atom stereocenters. The molecule has 130 valence electrons. The van der Waals surface area contributed by atoms with Gasteiger partial charge in [-0.05, 0) is 43.2 Å². The molecule has 0 amide bonds. The first kappa shape index (κ1) is 18.0. The molecule has 0 aromatic heterocycles. The molecule has 1 atom stereocenters. The maximum atomic E-state index is 9.54. The van der Waals surface area contributed by atoms with Crippen molar-refractivity contribution in [2.45, 2.75) is 18.9 Å². The predicted molar refractivity (Wildman–Crippen MR) is 104 cm³/mol. The monoisotopic (exact) mass is 399 g/mol. The van der Waals surface area contributed by atoms with E-state index < -0.39 is 0 Å². The van der Waals surface area contributed by atoms with E-state index >= 15 is 0 Å². The summed E-state index contributed by atoms with van der Waals surface area (Å²) in [6, 6.07) is 15.9. The van der Waals surface area contributed by atoms with Crippen LogP contribution in [0, 0.1) is 11.8 Å². The molecule has 1 saturated heterocycles. The van der Waals surface area contributed by atoms with Gasteiger partial charge in [-0.1, -0.05) is 46.0 Å². The smallest absolute Gasteiger partial charge is 0.121 e. The second-order valence-corrected chi connectivity index (χ2v) is 7.15. The topological polar surface area (TPSA) is 32.7 Å². The molecule has 4 heteroatoms. The maximum Gasteiger partial charge on any atom is 0.121 e. The van der Waals surface area contributed by atoms with Crippen molar-refractivity contribution in [2.24, 2.45) is 0 Å². The summed E-state index contributed by atoms with van der Waals surface area (Å²) in [5.41, 5.74) is 1.92. The number of aliphatic hydroxyl groups is 1. The molecule has 2 aromatic carbocycles. The van der Waals surface area contributed by atoms with Crippen molar-refractivity contribution >= 4 is 15.9 Å². The molecule has 1 aliphatic heterocycles. The van der Waals surface area contributed by atoms with Gasteiger partial charge in [0.15, 0.2) is 0 Å². The summed E-state index contributed by atoms with van der Waals surface area (Å²) in [6.07, 6.45) is 1.68. The van der Waals surface area contributed by atoms with Gasteiger partial charge >= 0.3 is 0 Å². The standard InChI is InChI=1S/C21H22BrNO2/c22-19-13-18(8-7-17-5-2-1-3-6-17)14-21(15-19)25-12-4-10-23-11-9-20(24)16-23/h1-3,5-6,13-15,20,24H,4,9-12,16H2/t20-/m1/s1. The summed E-state index contributed by atoms with van der Waals surface area (Å²) in [7, 11) is 0. The van der Waals surface area contributed by atoms with E-state index in [1.165, 1.54) is 0 Å². The average Bonchev–Trinajstić information content (AvgIpc) is 3.03. The van der Waals surface area contributed by atoms with Crippen LogP contribution in [0.2, 0.25) is 0 Å². The van der Waals surface area contributed by atoms with Crippen molar-refractivity contribution in [3.63, 3.8) is 0 Å². The molecule has 25 heavy (non-hydrogen) atoms. The van der Waals surface area contributed by atoms with Crippen LogP contribution in [0.15, 0.2) is 53.0 Å². The largest absolute Gasteiger partial charge is 0.493 e. The minimum absolute atomic E-state index is 0.156. The number of benzene rings is 2. The third-order valence-corrected chi connectivity index (χ3v) is 4.59. The number of likely N-dealkylation sites (tertiary alicyclic amines) is 1. The summed E-state index contributed by atoms with van der Waals surface area (Å²) in [5.74, 6) is 7.18. The Kier molecular flexibility index (Phi) is 6.52. The molecule has 3 rings (SSSR count). The second-order valence-electron chi connectivity index (χ2n) is 6.24. The van der Waals surface area contributed by atoms with E-state index in [2.05, 4.69) is 32.7 Å². The van der Waals surface area contributed by atoms with Crippen molar-refractivity contribution in [1.29, 1.82) is 0 Å². The minimum Gasteiger partial charge on any atom is -0.493 e. The zero-order valence-corrected chi connectivity index (χ0v) is 15.7. The number of rotatable bonds is 5. The molecule has 1 fully saturated rings. The number of hydrogen-bond donors (Lipinski definition) is 1. The zero-order chi connectivity index (χ0) is 17.5. The highest BCUT2D eigenvalue weighted by molar-refractivity contribution is 9.10. The van der Waals surface area contributed by atoms with E-state index in [0.717, 1.165) is 53.8 Å². The van der Waals surface area contributed by atoms with E-state index in [9.17, 15) is 5.11 Å². The Hall–Kier alpha value is -1.80. The van der Waals surface area contributed by atoms with Crippen LogP contribution in [0.1, 0.15) is 24.0 Å². The fourth-order valence-corrected chi connectivity index (χ4v) is 3.35. The van der Waals surface area contributed by atoms with Crippen LogP contribution in [-0.4, -0.2) is 42.4 Å². The molecule has 2 aromatic rings. The van der Waals surface area contributed by atoms with Crippen molar-refractivity contribution in [3.05, 3.63) is 64.1 Å². The average molecular weight is 400 g/mol. The van der Waals surface area contributed by atoms with Gasteiger partial charge in [0.2, 0.25) is 0 Å². The number of ether oxygens (including phenoxy) is 1. The molecule has 3 nitrogen and oxygen atoms in total. The highest BCUT2D eigenvalue weighted by atomic mass is 79.9. The van der Waals surface area contributed by atoms with Gasteiger partial charge in [0.25, 0.3) is 0 Å². The lowest BCUT2D eigenvalue weighted by atomic mass is 10.2. The van der Waals surface area contributed by atoms with Crippen LogP contribution in [0.25, 0.3) is 0 Å². The molecular weight excluding hydrogens is 378 g/mol. The molecule has 1 heterocycles. The molecular formula is C21H22BrNO2. The first-order chi connectivity index (χ1) is 12.2. The minimum atomic E-state index is -0.156. The zero-order valence-electron chi connectivity index (χ0n) is 14.1. The van der Waals surface area contributed by atoms with Crippen LogP contribution >= 0.6 is 15.9 Å². The molecule has 0 aliphatic carbocycles. The molecule has 1 N–H and O–H groups in total. The Morgan fingerprint density at radius 2 is 1.92 bits per heavy atom. The van der Waals surface area contributed by atoms with Crippen LogP contribution in [0.4, 0.5) is 0 Å². The lowest BCUT2D eigenvalue weighted by Gasteiger charge is -2.15. The van der Waals surface area contributed by atoms with Gasteiger partial charge in [0, 0.05) is 35.2 Å². The van der Waals surface area contributed by atoms with Gasteiger partial charge in [-0.2, -0.15) is 0 Å². The second kappa shape index (κ2) is 9.05. The van der Waals surface area contributed by atoms with Gasteiger partial charge in [0.1, 0.15) is 5.75 Å². The lowest BCUT2D eigenvalue weighted by molar-refractivity contribution is 0.173. The van der Waals surface area contributed by atoms with Gasteiger partial charge < -0.3 is 14.7 Å². The van der Waals surface area contributed by atoms with E-state index in [-0.39, 0.29) is 6.10 Å². The summed E-state index contributed by atoms with van der Waals surface area (Å²) >= 11 is 3.52. The molecule has 0 spiro atoms. The highest BCUT2D eigenvalue weighted by Crippen LogP contribution is 2.21. The molecule has 0 bridgehead atoms. The van der Waals surface area contributed by atoms with E-state index in [1.54, 1.807) is 0 Å². The van der Waals surface area contributed by atoms with Gasteiger partial charge in [-0.15, -0.1) is 0 Å². The fourth-order valence-electron chi connectivity index (χ4n) is 2.88. The summed E-state index contributed by atoms with van der Waals surface area (Å²) < 4.78 is 6.84. The number of aliphatic hydroxyl groups excluding tert-OH is 1. The highest BCUT2D eigenvalue weighted by Gasteiger charge is 2.19. The van der Waals surface area contributed by atoms with Crippen molar-refractivity contribution < 1.29 is 9.84 Å². The number of hydrogen-bond acceptors (Lipinski definition) is 3. The number of β-amino-alcohol motifs (C(OH)–C–C–N with tert-alkyl or cyclic N) is 1. The van der Waals surface area contributed by atoms with Crippen LogP contribution in [0.3, 0.4) is 0 Å². The van der Waals surface area contributed by atoms with Crippen LogP contribution in [-0.2, 0) is 0 Å². The van der Waals surface area contributed by atoms with E-state index in [4.69, 9.17) is 4.74 Å². The van der Waals surface area contributed by atoms with E-state index in [1.807, 2.05) is 48.5 Å². The van der Waals surface area contributed by atoms with Gasteiger partial charge in [-0.3, -0.25) is 0 Å². The number of halogens is 1. The summed E-state index contributed by atoms with van der Waals surface area (Å²) in [5, 5.41) is 9.54. The Bertz CT molecular complexity index is 751. The van der Waals surface area contributed by atoms with Gasteiger partial charge in [-0.25, -0.2) is 0 Å². The third kappa shape index (κ3) is 5.89. The Morgan fingerprint density at radius 1 is 1.12 bits per heavy atom. The Morgan fingerprint density at radius 3 is 2.68 bits per heavy atom. The first-order valence-corrected chi connectivity index (χ1v) is 9.39. The normalized spacial score (nSPS) is 17.1. The quantitative estimate of drug-likeness (QED) is 0.614. The van der Waals surface area contributed by atoms with Crippen LogP contribution in [0.5, 0.6) is 5.75 Å². The maximum absolute atomic E-state index is 9.54. The molecule has 0 radical (unpaired) electrons. The molecule has 1 aliphatic rings. The van der Waals surface area contributed by atoms with Crippen molar-refractivity contribution in [2.75, 3.05) is 26.2 Å².